The summed E-state index contributed by atoms with van der Waals surface area (Å²) in [7, 11) is 2.03. The first-order valence-corrected chi connectivity index (χ1v) is 4.43. The second-order valence-corrected chi connectivity index (χ2v) is 3.29. The van der Waals surface area contributed by atoms with Crippen molar-refractivity contribution in [3.05, 3.63) is 17.0 Å². The number of imidazole rings is 1. The summed E-state index contributed by atoms with van der Waals surface area (Å²) in [4.78, 5) is 4.20. The fourth-order valence-corrected chi connectivity index (χ4v) is 1.89. The molecule has 0 unspecified atom stereocenters. The van der Waals surface area contributed by atoms with Gasteiger partial charge in [0, 0.05) is 7.05 Å². The SMILES string of the molecule is Cn1c2c(n3ncnc13)=CCCC=2. The maximum absolute atomic E-state index is 4.20. The Hall–Kier alpha value is -1.58. The minimum Gasteiger partial charge on any atom is -0.312 e. The molecule has 4 nitrogen and oxygen atoms in total. The molecule has 0 fully saturated rings. The summed E-state index contributed by atoms with van der Waals surface area (Å²) in [6.45, 7) is 0. The minimum absolute atomic E-state index is 0.916. The van der Waals surface area contributed by atoms with E-state index in [4.69, 9.17) is 0 Å². The van der Waals surface area contributed by atoms with Crippen LogP contribution in [0.1, 0.15) is 12.8 Å². The highest BCUT2D eigenvalue weighted by Crippen LogP contribution is 1.97. The summed E-state index contributed by atoms with van der Waals surface area (Å²) in [5.74, 6) is 0.916. The molecule has 2 aromatic heterocycles. The molecule has 2 heterocycles. The molecule has 0 amide bonds. The summed E-state index contributed by atoms with van der Waals surface area (Å²) in [5.41, 5.74) is 0. The third-order valence-electron chi connectivity index (χ3n) is 2.52. The Morgan fingerprint density at radius 2 is 2.00 bits per heavy atom. The standard InChI is InChI=1S/C9H10N4/c1-12-7-4-2-3-5-8(7)13-9(12)10-6-11-13/h4-6H,2-3H2,1H3. The van der Waals surface area contributed by atoms with Crippen molar-refractivity contribution in [1.29, 1.82) is 0 Å². The van der Waals surface area contributed by atoms with Crippen molar-refractivity contribution >= 4 is 17.9 Å². The second kappa shape index (κ2) is 2.22. The highest BCUT2D eigenvalue weighted by molar-refractivity contribution is 5.40. The van der Waals surface area contributed by atoms with E-state index in [9.17, 15) is 0 Å². The Morgan fingerprint density at radius 1 is 1.23 bits per heavy atom. The van der Waals surface area contributed by atoms with E-state index in [0.29, 0.717) is 0 Å². The number of aromatic nitrogens is 4. The van der Waals surface area contributed by atoms with Crippen molar-refractivity contribution in [1.82, 2.24) is 19.2 Å². The van der Waals surface area contributed by atoms with Crippen LogP contribution in [0.15, 0.2) is 6.33 Å². The van der Waals surface area contributed by atoms with Crippen molar-refractivity contribution < 1.29 is 0 Å². The molecular weight excluding hydrogens is 164 g/mol. The van der Waals surface area contributed by atoms with Crippen LogP contribution in [0, 0.1) is 0 Å². The molecule has 13 heavy (non-hydrogen) atoms. The van der Waals surface area contributed by atoms with Gasteiger partial charge in [0.2, 0.25) is 5.78 Å². The molecule has 0 saturated heterocycles. The van der Waals surface area contributed by atoms with Gasteiger partial charge in [-0.15, -0.1) is 0 Å². The number of fused-ring (bicyclic) bond motifs is 3. The predicted octanol–water partition coefficient (Wildman–Crippen LogP) is -0.577. The minimum atomic E-state index is 0.916. The first-order valence-electron chi connectivity index (χ1n) is 4.43. The average molecular weight is 174 g/mol. The van der Waals surface area contributed by atoms with Gasteiger partial charge in [-0.1, -0.05) is 12.2 Å². The van der Waals surface area contributed by atoms with Crippen molar-refractivity contribution in [3.63, 3.8) is 0 Å². The quantitative estimate of drug-likeness (QED) is 0.535. The van der Waals surface area contributed by atoms with Gasteiger partial charge in [0.15, 0.2) is 0 Å². The fourth-order valence-electron chi connectivity index (χ4n) is 1.89. The van der Waals surface area contributed by atoms with Gasteiger partial charge in [0.25, 0.3) is 0 Å². The topological polar surface area (TPSA) is 35.1 Å². The molecule has 2 aromatic rings. The van der Waals surface area contributed by atoms with Crippen LogP contribution >= 0.6 is 0 Å². The van der Waals surface area contributed by atoms with Crippen LogP contribution in [0.5, 0.6) is 0 Å². The third-order valence-corrected chi connectivity index (χ3v) is 2.52. The summed E-state index contributed by atoms with van der Waals surface area (Å²) in [5, 5.41) is 6.61. The van der Waals surface area contributed by atoms with Gasteiger partial charge in [0.1, 0.15) is 6.33 Å². The maximum atomic E-state index is 4.20. The molecule has 0 spiro atoms. The van der Waals surface area contributed by atoms with Gasteiger partial charge >= 0.3 is 0 Å². The van der Waals surface area contributed by atoms with Gasteiger partial charge in [-0.2, -0.15) is 14.6 Å². The van der Waals surface area contributed by atoms with E-state index >= 15 is 0 Å². The first-order chi connectivity index (χ1) is 6.38. The Labute approximate surface area is 74.8 Å². The van der Waals surface area contributed by atoms with Gasteiger partial charge < -0.3 is 4.57 Å². The molecule has 66 valence electrons. The lowest BCUT2D eigenvalue weighted by Crippen LogP contribution is -2.32. The Morgan fingerprint density at radius 3 is 2.85 bits per heavy atom. The van der Waals surface area contributed by atoms with E-state index < -0.39 is 0 Å². The summed E-state index contributed by atoms with van der Waals surface area (Å²) in [6, 6.07) is 0. The maximum Gasteiger partial charge on any atom is 0.233 e. The zero-order valence-electron chi connectivity index (χ0n) is 7.44. The highest BCUT2D eigenvalue weighted by Gasteiger charge is 2.07. The number of hydrogen-bond acceptors (Lipinski definition) is 2. The molecule has 0 saturated carbocycles. The number of nitrogens with zero attached hydrogens (tertiary/aromatic N) is 4. The van der Waals surface area contributed by atoms with Crippen LogP contribution in [0.3, 0.4) is 0 Å². The van der Waals surface area contributed by atoms with Gasteiger partial charge in [0.05, 0.1) is 10.7 Å². The zero-order chi connectivity index (χ0) is 8.84. The molecule has 0 aliphatic heterocycles. The van der Waals surface area contributed by atoms with Crippen LogP contribution in [0.4, 0.5) is 0 Å². The lowest BCUT2D eigenvalue weighted by molar-refractivity contribution is 0.894. The van der Waals surface area contributed by atoms with E-state index in [1.165, 1.54) is 10.7 Å². The summed E-state index contributed by atoms with van der Waals surface area (Å²) < 4.78 is 3.98. The molecule has 0 N–H and O–H groups in total. The van der Waals surface area contributed by atoms with E-state index in [0.717, 1.165) is 18.6 Å². The molecule has 0 atom stereocenters. The lowest BCUT2D eigenvalue weighted by Gasteiger charge is -1.95. The normalized spacial score (nSPS) is 15.2. The molecular formula is C9H10N4. The number of aryl methyl sites for hydroxylation is 1. The molecule has 1 aliphatic carbocycles. The fraction of sp³-hybridized carbons (Fsp3) is 0.333. The molecule has 0 radical (unpaired) electrons. The summed E-state index contributed by atoms with van der Waals surface area (Å²) in [6.07, 6.45) is 8.28. The Kier molecular flexibility index (Phi) is 1.17. The van der Waals surface area contributed by atoms with Crippen LogP contribution in [0.2, 0.25) is 0 Å². The van der Waals surface area contributed by atoms with Gasteiger partial charge in [-0.25, -0.2) is 0 Å². The molecule has 4 heteroatoms. The number of hydrogen-bond donors (Lipinski definition) is 0. The van der Waals surface area contributed by atoms with E-state index in [2.05, 4.69) is 26.8 Å². The van der Waals surface area contributed by atoms with Crippen LogP contribution in [-0.2, 0) is 7.05 Å². The second-order valence-electron chi connectivity index (χ2n) is 3.29. The third kappa shape index (κ3) is 0.748. The van der Waals surface area contributed by atoms with E-state index in [1.54, 1.807) is 6.33 Å². The van der Waals surface area contributed by atoms with Crippen molar-refractivity contribution in [2.24, 2.45) is 7.05 Å². The molecule has 0 bridgehead atoms. The largest absolute Gasteiger partial charge is 0.312 e. The highest BCUT2D eigenvalue weighted by atomic mass is 15.3. The first kappa shape index (κ1) is 6.88. The van der Waals surface area contributed by atoms with Crippen LogP contribution < -0.4 is 10.7 Å². The molecule has 0 aromatic carbocycles. The van der Waals surface area contributed by atoms with Crippen LogP contribution in [0.25, 0.3) is 17.9 Å². The van der Waals surface area contributed by atoms with Gasteiger partial charge in [-0.05, 0) is 12.8 Å². The monoisotopic (exact) mass is 174 g/mol. The average Bonchev–Trinajstić information content (AvgIpc) is 2.72. The van der Waals surface area contributed by atoms with Crippen molar-refractivity contribution in [2.45, 2.75) is 12.8 Å². The van der Waals surface area contributed by atoms with E-state index in [1.807, 2.05) is 11.6 Å². The Balaban J connectivity index is 2.70. The smallest absolute Gasteiger partial charge is 0.233 e. The molecule has 1 aliphatic rings. The zero-order valence-corrected chi connectivity index (χ0v) is 7.44. The lowest BCUT2D eigenvalue weighted by atomic mass is 10.2. The van der Waals surface area contributed by atoms with Crippen molar-refractivity contribution in [3.8, 4) is 0 Å². The Bertz CT molecular complexity index is 573. The van der Waals surface area contributed by atoms with Crippen LogP contribution in [-0.4, -0.2) is 19.2 Å². The van der Waals surface area contributed by atoms with Crippen molar-refractivity contribution in [2.75, 3.05) is 0 Å². The number of rotatable bonds is 0. The molecule has 3 rings (SSSR count). The van der Waals surface area contributed by atoms with E-state index in [-0.39, 0.29) is 0 Å². The van der Waals surface area contributed by atoms with Gasteiger partial charge in [-0.3, -0.25) is 0 Å². The predicted molar refractivity (Wildman–Crippen MR) is 49.4 cm³/mol. The summed E-state index contributed by atoms with van der Waals surface area (Å²) >= 11 is 0.